The molecule has 1 aliphatic rings. The van der Waals surface area contributed by atoms with Gasteiger partial charge in [-0.2, -0.15) is 5.10 Å². The van der Waals surface area contributed by atoms with Crippen molar-refractivity contribution in [3.8, 4) is 5.69 Å². The summed E-state index contributed by atoms with van der Waals surface area (Å²) in [7, 11) is 0. The Bertz CT molecular complexity index is 682. The van der Waals surface area contributed by atoms with E-state index >= 15 is 0 Å². The zero-order chi connectivity index (χ0) is 16.4. The molecule has 6 nitrogen and oxygen atoms in total. The fourth-order valence-corrected chi connectivity index (χ4v) is 3.30. The van der Waals surface area contributed by atoms with Crippen LogP contribution in [0.2, 0.25) is 0 Å². The van der Waals surface area contributed by atoms with E-state index in [0.29, 0.717) is 23.8 Å². The smallest absolute Gasteiger partial charge is 0.275 e. The number of aromatic nitrogens is 3. The van der Waals surface area contributed by atoms with Gasteiger partial charge in [-0.3, -0.25) is 4.79 Å². The first-order chi connectivity index (χ1) is 11.1. The standard InChI is InChI=1S/C17H23N5O/c1-12-5-3-9-21(15(12)11-18)17(23)16-14(7-6-13(2)20-16)22-10-4-8-19-22/h4,6-8,10,12,15H,3,5,9,11,18H2,1-2H3/t12-,15-/m1/s1. The maximum absolute atomic E-state index is 13.1. The molecule has 1 fully saturated rings. The average molecular weight is 313 g/mol. The Hall–Kier alpha value is -2.21. The van der Waals surface area contributed by atoms with Gasteiger partial charge in [0.2, 0.25) is 0 Å². The van der Waals surface area contributed by atoms with Crippen molar-refractivity contribution in [3.63, 3.8) is 0 Å². The molecule has 2 N–H and O–H groups in total. The van der Waals surface area contributed by atoms with Crippen LogP contribution in [0.15, 0.2) is 30.6 Å². The number of carbonyl (C=O) groups excluding carboxylic acids is 1. The Morgan fingerprint density at radius 3 is 2.96 bits per heavy atom. The summed E-state index contributed by atoms with van der Waals surface area (Å²) >= 11 is 0. The maximum atomic E-state index is 13.1. The van der Waals surface area contributed by atoms with Gasteiger partial charge >= 0.3 is 0 Å². The topological polar surface area (TPSA) is 77.0 Å². The number of pyridine rings is 1. The molecule has 1 saturated heterocycles. The molecule has 3 heterocycles. The first-order valence-corrected chi connectivity index (χ1v) is 8.10. The van der Waals surface area contributed by atoms with E-state index in [2.05, 4.69) is 17.0 Å². The highest BCUT2D eigenvalue weighted by Crippen LogP contribution is 2.25. The lowest BCUT2D eigenvalue weighted by Gasteiger charge is -2.39. The van der Waals surface area contributed by atoms with Crippen LogP contribution in [0.4, 0.5) is 0 Å². The average Bonchev–Trinajstić information content (AvgIpc) is 3.08. The summed E-state index contributed by atoms with van der Waals surface area (Å²) < 4.78 is 1.69. The Labute approximate surface area is 136 Å². The van der Waals surface area contributed by atoms with Gasteiger partial charge in [0.1, 0.15) is 0 Å². The first-order valence-electron chi connectivity index (χ1n) is 8.10. The van der Waals surface area contributed by atoms with E-state index in [1.165, 1.54) is 0 Å². The van der Waals surface area contributed by atoms with E-state index in [1.54, 1.807) is 10.9 Å². The number of rotatable bonds is 3. The molecule has 122 valence electrons. The van der Waals surface area contributed by atoms with Crippen molar-refractivity contribution in [2.24, 2.45) is 11.7 Å². The molecule has 0 aromatic carbocycles. The molecule has 0 saturated carbocycles. The quantitative estimate of drug-likeness (QED) is 0.937. The van der Waals surface area contributed by atoms with Crippen molar-refractivity contribution < 1.29 is 4.79 Å². The van der Waals surface area contributed by atoms with Crippen LogP contribution in [-0.4, -0.2) is 44.7 Å². The van der Waals surface area contributed by atoms with Crippen LogP contribution in [-0.2, 0) is 0 Å². The number of aryl methyl sites for hydroxylation is 1. The molecule has 6 heteroatoms. The Balaban J connectivity index is 2.00. The third-order valence-electron chi connectivity index (χ3n) is 4.58. The summed E-state index contributed by atoms with van der Waals surface area (Å²) in [6.07, 6.45) is 5.63. The van der Waals surface area contributed by atoms with Crippen LogP contribution in [0, 0.1) is 12.8 Å². The summed E-state index contributed by atoms with van der Waals surface area (Å²) in [6.45, 7) is 5.27. The minimum absolute atomic E-state index is 0.0544. The first kappa shape index (κ1) is 15.7. The van der Waals surface area contributed by atoms with Gasteiger partial charge in [-0.1, -0.05) is 6.92 Å². The van der Waals surface area contributed by atoms with Crippen LogP contribution in [0.3, 0.4) is 0 Å². The fraction of sp³-hybridized carbons (Fsp3) is 0.471. The molecule has 23 heavy (non-hydrogen) atoms. The number of nitrogens with two attached hydrogens (primary N) is 1. The normalized spacial score (nSPS) is 21.4. The highest BCUT2D eigenvalue weighted by molar-refractivity contribution is 5.96. The van der Waals surface area contributed by atoms with E-state index in [1.807, 2.05) is 36.2 Å². The Kier molecular flexibility index (Phi) is 4.43. The second-order valence-electron chi connectivity index (χ2n) is 6.19. The number of piperidine rings is 1. The van der Waals surface area contributed by atoms with Gasteiger partial charge in [0.05, 0.1) is 5.69 Å². The molecule has 2 atom stereocenters. The predicted octanol–water partition coefficient (Wildman–Crippen LogP) is 1.78. The van der Waals surface area contributed by atoms with Crippen molar-refractivity contribution in [2.45, 2.75) is 32.7 Å². The summed E-state index contributed by atoms with van der Waals surface area (Å²) in [4.78, 5) is 19.5. The van der Waals surface area contributed by atoms with Crippen LogP contribution in [0.25, 0.3) is 5.69 Å². The van der Waals surface area contributed by atoms with Crippen molar-refractivity contribution >= 4 is 5.91 Å². The maximum Gasteiger partial charge on any atom is 0.275 e. The van der Waals surface area contributed by atoms with Crippen molar-refractivity contribution in [1.29, 1.82) is 0 Å². The lowest BCUT2D eigenvalue weighted by Crippen LogP contribution is -2.51. The summed E-state index contributed by atoms with van der Waals surface area (Å²) in [5, 5.41) is 4.24. The molecule has 1 amide bonds. The van der Waals surface area contributed by atoms with Crippen molar-refractivity contribution in [2.75, 3.05) is 13.1 Å². The van der Waals surface area contributed by atoms with Gasteiger partial charge in [0.25, 0.3) is 5.91 Å². The van der Waals surface area contributed by atoms with Gasteiger partial charge in [-0.25, -0.2) is 9.67 Å². The highest BCUT2D eigenvalue weighted by atomic mass is 16.2. The zero-order valence-corrected chi connectivity index (χ0v) is 13.6. The van der Waals surface area contributed by atoms with E-state index in [0.717, 1.165) is 25.1 Å². The van der Waals surface area contributed by atoms with E-state index in [9.17, 15) is 4.79 Å². The molecule has 1 aliphatic heterocycles. The van der Waals surface area contributed by atoms with E-state index in [4.69, 9.17) is 5.73 Å². The van der Waals surface area contributed by atoms with Crippen molar-refractivity contribution in [1.82, 2.24) is 19.7 Å². The monoisotopic (exact) mass is 313 g/mol. The van der Waals surface area contributed by atoms with Crippen LogP contribution < -0.4 is 5.73 Å². The van der Waals surface area contributed by atoms with Gasteiger partial charge in [-0.15, -0.1) is 0 Å². The Morgan fingerprint density at radius 1 is 1.43 bits per heavy atom. The highest BCUT2D eigenvalue weighted by Gasteiger charge is 2.33. The third kappa shape index (κ3) is 2.99. The van der Waals surface area contributed by atoms with Gasteiger partial charge in [0, 0.05) is 37.2 Å². The Morgan fingerprint density at radius 2 is 2.26 bits per heavy atom. The molecular formula is C17H23N5O. The molecule has 0 bridgehead atoms. The third-order valence-corrected chi connectivity index (χ3v) is 4.58. The number of hydrogen-bond acceptors (Lipinski definition) is 4. The predicted molar refractivity (Wildman–Crippen MR) is 88.4 cm³/mol. The molecule has 0 radical (unpaired) electrons. The number of nitrogens with zero attached hydrogens (tertiary/aromatic N) is 4. The number of carbonyl (C=O) groups is 1. The SMILES string of the molecule is Cc1ccc(-n2cccn2)c(C(=O)N2CCC[C@@H](C)[C@H]2CN)n1. The molecular weight excluding hydrogens is 290 g/mol. The second kappa shape index (κ2) is 6.50. The molecule has 2 aromatic rings. The largest absolute Gasteiger partial charge is 0.333 e. The molecule has 0 spiro atoms. The minimum Gasteiger partial charge on any atom is -0.333 e. The molecule has 2 aromatic heterocycles. The molecule has 0 unspecified atom stereocenters. The van der Waals surface area contributed by atoms with Gasteiger partial charge < -0.3 is 10.6 Å². The number of hydrogen-bond donors (Lipinski definition) is 1. The van der Waals surface area contributed by atoms with Gasteiger partial charge in [-0.05, 0) is 43.9 Å². The summed E-state index contributed by atoms with van der Waals surface area (Å²) in [6, 6.07) is 5.70. The minimum atomic E-state index is -0.0544. The lowest BCUT2D eigenvalue weighted by atomic mass is 9.90. The van der Waals surface area contributed by atoms with Crippen LogP contribution in [0.5, 0.6) is 0 Å². The number of likely N-dealkylation sites (tertiary alicyclic amines) is 1. The van der Waals surface area contributed by atoms with Crippen LogP contribution in [0.1, 0.15) is 35.9 Å². The van der Waals surface area contributed by atoms with Gasteiger partial charge in [0.15, 0.2) is 5.69 Å². The van der Waals surface area contributed by atoms with E-state index in [-0.39, 0.29) is 11.9 Å². The van der Waals surface area contributed by atoms with Crippen LogP contribution >= 0.6 is 0 Å². The second-order valence-corrected chi connectivity index (χ2v) is 6.19. The fourth-order valence-electron chi connectivity index (χ4n) is 3.30. The molecule has 0 aliphatic carbocycles. The lowest BCUT2D eigenvalue weighted by molar-refractivity contribution is 0.0526. The van der Waals surface area contributed by atoms with Crippen molar-refractivity contribution in [3.05, 3.63) is 42.0 Å². The summed E-state index contributed by atoms with van der Waals surface area (Å²) in [5.74, 6) is 0.358. The molecule has 3 rings (SSSR count). The number of amides is 1. The zero-order valence-electron chi connectivity index (χ0n) is 13.6. The van der Waals surface area contributed by atoms with E-state index < -0.39 is 0 Å². The summed E-state index contributed by atoms with van der Waals surface area (Å²) in [5.41, 5.74) is 7.90.